The third-order valence-corrected chi connectivity index (χ3v) is 4.36. The van der Waals surface area contributed by atoms with Gasteiger partial charge in [0.15, 0.2) is 0 Å². The van der Waals surface area contributed by atoms with E-state index in [2.05, 4.69) is 0 Å². The van der Waals surface area contributed by atoms with Gasteiger partial charge in [-0.05, 0) is 32.1 Å². The van der Waals surface area contributed by atoms with E-state index >= 15 is 0 Å². The molecule has 0 aromatic heterocycles. The van der Waals surface area contributed by atoms with Gasteiger partial charge in [-0.3, -0.25) is 0 Å². The van der Waals surface area contributed by atoms with E-state index in [1.54, 1.807) is 0 Å². The third kappa shape index (κ3) is 10.8. The first-order chi connectivity index (χ1) is 7.91. The first kappa shape index (κ1) is 21.2. The second-order valence-corrected chi connectivity index (χ2v) is 6.26. The molecule has 0 aliphatic rings. The van der Waals surface area contributed by atoms with Crippen LogP contribution in [-0.4, -0.2) is 29.4 Å². The first-order valence-corrected chi connectivity index (χ1v) is 8.01. The van der Waals surface area contributed by atoms with Crippen LogP contribution >= 0.6 is 0 Å². The maximum Gasteiger partial charge on any atom is 1.00 e. The Bertz CT molecular complexity index is 280. The van der Waals surface area contributed by atoms with Gasteiger partial charge >= 0.3 is 29.6 Å². The van der Waals surface area contributed by atoms with Crippen LogP contribution in [0.2, 0.25) is 0 Å². The summed E-state index contributed by atoms with van der Waals surface area (Å²) >= 11 is 0. The molecule has 0 radical (unpaired) electrons. The molecule has 0 aromatic rings. The van der Waals surface area contributed by atoms with Crippen molar-refractivity contribution in [3.05, 3.63) is 0 Å². The zero-order chi connectivity index (χ0) is 13.3. The predicted octanol–water partition coefficient (Wildman–Crippen LogP) is -0.574. The van der Waals surface area contributed by atoms with Gasteiger partial charge in [-0.2, -0.15) is 0 Å². The van der Waals surface area contributed by atoms with Crippen molar-refractivity contribution in [1.82, 2.24) is 0 Å². The van der Waals surface area contributed by atoms with Gasteiger partial charge in [0, 0.05) is 5.25 Å². The Hall–Kier alpha value is 0.870. The smallest absolute Gasteiger partial charge is 0.748 e. The molecule has 2 atom stereocenters. The van der Waals surface area contributed by atoms with Crippen LogP contribution in [0.1, 0.15) is 65.2 Å². The van der Waals surface area contributed by atoms with E-state index < -0.39 is 15.4 Å². The molecule has 0 saturated heterocycles. The summed E-state index contributed by atoms with van der Waals surface area (Å²) in [6.45, 7) is 3.92. The van der Waals surface area contributed by atoms with Crippen LogP contribution in [0.25, 0.3) is 0 Å². The Morgan fingerprint density at radius 3 is 2.06 bits per heavy atom. The van der Waals surface area contributed by atoms with E-state index in [1.165, 1.54) is 0 Å². The van der Waals surface area contributed by atoms with Gasteiger partial charge in [-0.25, -0.2) is 8.42 Å². The Balaban J connectivity index is 0. The minimum absolute atomic E-state index is 0. The molecule has 0 saturated carbocycles. The number of aliphatic hydroxyl groups is 1. The molecule has 0 amide bonds. The summed E-state index contributed by atoms with van der Waals surface area (Å²) in [4.78, 5) is 0. The van der Waals surface area contributed by atoms with Crippen molar-refractivity contribution < 1.29 is 47.6 Å². The molecule has 104 valence electrons. The van der Waals surface area contributed by atoms with E-state index in [4.69, 9.17) is 0 Å². The fourth-order valence-corrected chi connectivity index (χ4v) is 2.75. The Kier molecular flexibility index (Phi) is 13.7. The minimum atomic E-state index is -4.18. The molecule has 0 aromatic carbocycles. The standard InChI is InChI=1S/C12H26O4S.Na/c1-3-5-6-9-12(17(14,15)16)10-7-8-11(13)4-2;/h11-13H,3-10H2,1-2H3,(H,14,15,16);/q;+1/p-1. The molecule has 0 aliphatic carbocycles. The van der Waals surface area contributed by atoms with Crippen molar-refractivity contribution in [1.29, 1.82) is 0 Å². The molecule has 4 nitrogen and oxygen atoms in total. The summed E-state index contributed by atoms with van der Waals surface area (Å²) in [5, 5.41) is 8.59. The molecule has 0 aliphatic heterocycles. The minimum Gasteiger partial charge on any atom is -0.748 e. The monoisotopic (exact) mass is 288 g/mol. The van der Waals surface area contributed by atoms with Gasteiger partial charge in [0.05, 0.1) is 16.2 Å². The van der Waals surface area contributed by atoms with E-state index in [1.807, 2.05) is 13.8 Å². The van der Waals surface area contributed by atoms with Crippen molar-refractivity contribution in [2.24, 2.45) is 0 Å². The molecule has 0 spiro atoms. The van der Waals surface area contributed by atoms with Crippen LogP contribution in [0.15, 0.2) is 0 Å². The molecule has 0 rings (SSSR count). The van der Waals surface area contributed by atoms with Gasteiger partial charge in [0.1, 0.15) is 0 Å². The number of hydrogen-bond acceptors (Lipinski definition) is 4. The van der Waals surface area contributed by atoms with Gasteiger partial charge in [-0.15, -0.1) is 0 Å². The SMILES string of the molecule is CCCCCC(CCCC(O)CC)S(=O)(=O)[O-].[Na+]. The van der Waals surface area contributed by atoms with Crippen LogP contribution in [0.4, 0.5) is 0 Å². The topological polar surface area (TPSA) is 77.4 Å². The maximum absolute atomic E-state index is 11.1. The average molecular weight is 288 g/mol. The number of hydrogen-bond donors (Lipinski definition) is 1. The molecule has 2 unspecified atom stereocenters. The van der Waals surface area contributed by atoms with Crippen molar-refractivity contribution in [3.8, 4) is 0 Å². The van der Waals surface area contributed by atoms with Gasteiger partial charge in [0.2, 0.25) is 0 Å². The summed E-state index contributed by atoms with van der Waals surface area (Å²) in [5.41, 5.74) is 0. The van der Waals surface area contributed by atoms with Crippen molar-refractivity contribution in [3.63, 3.8) is 0 Å². The fraction of sp³-hybridized carbons (Fsp3) is 1.00. The van der Waals surface area contributed by atoms with Gasteiger partial charge < -0.3 is 9.66 Å². The third-order valence-electron chi connectivity index (χ3n) is 3.07. The summed E-state index contributed by atoms with van der Waals surface area (Å²) in [6, 6.07) is 0. The Morgan fingerprint density at radius 1 is 1.06 bits per heavy atom. The Labute approximate surface area is 134 Å². The predicted molar refractivity (Wildman–Crippen MR) is 67.8 cm³/mol. The zero-order valence-corrected chi connectivity index (χ0v) is 14.7. The summed E-state index contributed by atoms with van der Waals surface area (Å²) in [6.07, 6.45) is 5.09. The van der Waals surface area contributed by atoms with Crippen LogP contribution in [-0.2, 0) is 10.1 Å². The zero-order valence-electron chi connectivity index (χ0n) is 11.9. The largest absolute Gasteiger partial charge is 1.00 e. The molecular formula is C12H25NaO4S. The van der Waals surface area contributed by atoms with Gasteiger partial charge in [0.25, 0.3) is 0 Å². The molecule has 0 bridgehead atoms. The van der Waals surface area contributed by atoms with E-state index in [-0.39, 0.29) is 35.7 Å². The van der Waals surface area contributed by atoms with Crippen molar-refractivity contribution >= 4 is 10.1 Å². The quantitative estimate of drug-likeness (QED) is 0.332. The molecular weight excluding hydrogens is 263 g/mol. The number of unbranched alkanes of at least 4 members (excludes halogenated alkanes) is 2. The van der Waals surface area contributed by atoms with E-state index in [0.717, 1.165) is 19.3 Å². The van der Waals surface area contributed by atoms with Gasteiger partial charge in [-0.1, -0.05) is 33.1 Å². The molecule has 0 fully saturated rings. The van der Waals surface area contributed by atoms with Crippen LogP contribution in [0, 0.1) is 0 Å². The molecule has 0 heterocycles. The van der Waals surface area contributed by atoms with Crippen LogP contribution in [0.3, 0.4) is 0 Å². The fourth-order valence-electron chi connectivity index (χ4n) is 1.84. The van der Waals surface area contributed by atoms with E-state index in [9.17, 15) is 18.1 Å². The normalized spacial score (nSPS) is 14.9. The molecule has 1 N–H and O–H groups in total. The summed E-state index contributed by atoms with van der Waals surface area (Å²) in [7, 11) is -4.18. The molecule has 6 heteroatoms. The van der Waals surface area contributed by atoms with Crippen molar-refractivity contribution in [2.45, 2.75) is 76.6 Å². The van der Waals surface area contributed by atoms with Crippen LogP contribution < -0.4 is 29.6 Å². The average Bonchev–Trinajstić information content (AvgIpc) is 2.25. The maximum atomic E-state index is 11.1. The van der Waals surface area contributed by atoms with Crippen LogP contribution in [0.5, 0.6) is 0 Å². The second kappa shape index (κ2) is 11.7. The number of rotatable bonds is 10. The summed E-state index contributed by atoms with van der Waals surface area (Å²) in [5.74, 6) is 0. The molecule has 18 heavy (non-hydrogen) atoms. The number of aliphatic hydroxyl groups excluding tert-OH is 1. The first-order valence-electron chi connectivity index (χ1n) is 6.54. The van der Waals surface area contributed by atoms with E-state index in [0.29, 0.717) is 32.1 Å². The second-order valence-electron chi connectivity index (χ2n) is 4.60. The summed E-state index contributed by atoms with van der Waals surface area (Å²) < 4.78 is 33.2. The Morgan fingerprint density at radius 2 is 1.61 bits per heavy atom. The van der Waals surface area contributed by atoms with Crippen molar-refractivity contribution in [2.75, 3.05) is 0 Å².